The van der Waals surface area contributed by atoms with Crippen LogP contribution in [0.25, 0.3) is 10.9 Å². The van der Waals surface area contributed by atoms with Gasteiger partial charge < -0.3 is 40.4 Å². The summed E-state index contributed by atoms with van der Waals surface area (Å²) in [6.45, 7) is 3.62. The van der Waals surface area contributed by atoms with Crippen molar-refractivity contribution < 1.29 is 34.4 Å². The molecular formula is C38H44N4O8. The molecule has 12 nitrogen and oxygen atoms in total. The molecular weight excluding hydrogens is 640 g/mol. The molecule has 50 heavy (non-hydrogen) atoms. The number of fused-ring (bicyclic) bond motifs is 4. The number of aliphatic hydroxyl groups is 1. The quantitative estimate of drug-likeness (QED) is 0.0982. The molecule has 3 saturated heterocycles. The number of unbranched alkanes of at least 4 members (excludes halogenated alkanes) is 1. The number of aliphatic carboxylic acids is 1. The molecule has 4 unspecified atom stereocenters. The third kappa shape index (κ3) is 8.62. The Morgan fingerprint density at radius 1 is 0.960 bits per heavy atom. The predicted octanol–water partition coefficient (Wildman–Crippen LogP) is 4.47. The Morgan fingerprint density at radius 3 is 2.48 bits per heavy atom. The molecule has 0 aliphatic carbocycles. The summed E-state index contributed by atoms with van der Waals surface area (Å²) < 4.78 is 11.9. The number of hydrogen-bond donors (Lipinski definition) is 6. The summed E-state index contributed by atoms with van der Waals surface area (Å²) in [5.41, 5.74) is 2.09. The number of H-pyrrole nitrogens is 1. The summed E-state index contributed by atoms with van der Waals surface area (Å²) in [5, 5.41) is 37.6. The van der Waals surface area contributed by atoms with Crippen LogP contribution in [0.1, 0.15) is 60.9 Å². The van der Waals surface area contributed by atoms with E-state index in [2.05, 4.69) is 20.5 Å². The Balaban J connectivity index is 1.02. The first-order valence-electron chi connectivity index (χ1n) is 17.2. The number of piperidine rings is 3. The number of nitrogens with one attached hydrogen (secondary N) is 3. The molecule has 6 N–H and O–H groups in total. The van der Waals surface area contributed by atoms with Crippen LogP contribution in [0.5, 0.6) is 11.5 Å². The number of aliphatic hydroxyl groups excluding tert-OH is 1. The topological polar surface area (TPSA) is 173 Å². The van der Waals surface area contributed by atoms with E-state index in [-0.39, 0.29) is 35.9 Å². The normalized spacial score (nSPS) is 20.1. The monoisotopic (exact) mass is 684 g/mol. The molecule has 3 fully saturated rings. The lowest BCUT2D eigenvalue weighted by molar-refractivity contribution is -0.145. The van der Waals surface area contributed by atoms with E-state index in [0.717, 1.165) is 43.6 Å². The maximum absolute atomic E-state index is 13.2. The van der Waals surface area contributed by atoms with Crippen molar-refractivity contribution in [1.29, 1.82) is 0 Å². The molecule has 4 aromatic rings. The molecule has 0 spiro atoms. The molecule has 3 aliphatic heterocycles. The fourth-order valence-electron chi connectivity index (χ4n) is 6.98. The van der Waals surface area contributed by atoms with Crippen molar-refractivity contribution in [2.45, 2.75) is 56.5 Å². The minimum atomic E-state index is -1.08. The highest BCUT2D eigenvalue weighted by atomic mass is 16.6. The van der Waals surface area contributed by atoms with Gasteiger partial charge in [-0.05, 0) is 98.6 Å². The maximum Gasteiger partial charge on any atom is 0.408 e. The zero-order valence-electron chi connectivity index (χ0n) is 27.8. The molecule has 12 heteroatoms. The van der Waals surface area contributed by atoms with Crippen LogP contribution in [0.2, 0.25) is 0 Å². The summed E-state index contributed by atoms with van der Waals surface area (Å²) in [6.07, 6.45) is 0.962. The first-order chi connectivity index (χ1) is 24.2. The molecule has 264 valence electrons. The van der Waals surface area contributed by atoms with Gasteiger partial charge in [-0.2, -0.15) is 0 Å². The number of ether oxygens (including phenoxy) is 2. The first kappa shape index (κ1) is 34.9. The minimum absolute atomic E-state index is 0.0733. The van der Waals surface area contributed by atoms with Crippen molar-refractivity contribution in [1.82, 2.24) is 20.5 Å². The van der Waals surface area contributed by atoms with E-state index in [1.54, 1.807) is 30.3 Å². The zero-order valence-corrected chi connectivity index (χ0v) is 27.8. The van der Waals surface area contributed by atoms with Crippen LogP contribution in [-0.2, 0) is 9.53 Å². The number of phenolic OH excluding ortho intramolecular Hbond substituents is 1. The van der Waals surface area contributed by atoms with E-state index in [1.807, 2.05) is 36.4 Å². The maximum atomic E-state index is 13.2. The zero-order chi connectivity index (χ0) is 35.0. The second-order valence-corrected chi connectivity index (χ2v) is 13.1. The van der Waals surface area contributed by atoms with Gasteiger partial charge in [-0.25, -0.2) is 9.59 Å². The predicted molar refractivity (Wildman–Crippen MR) is 187 cm³/mol. The van der Waals surface area contributed by atoms with Gasteiger partial charge in [0.25, 0.3) is 0 Å². The van der Waals surface area contributed by atoms with Crippen molar-refractivity contribution >= 4 is 23.0 Å². The Labute approximate surface area is 290 Å². The number of carbonyl (C=O) groups excluding carboxylic acids is 1. The molecule has 2 bridgehead atoms. The highest BCUT2D eigenvalue weighted by Crippen LogP contribution is 2.31. The van der Waals surface area contributed by atoms with Crippen molar-refractivity contribution in [2.24, 2.45) is 5.92 Å². The van der Waals surface area contributed by atoms with E-state index in [9.17, 15) is 29.7 Å². The van der Waals surface area contributed by atoms with Crippen molar-refractivity contribution in [3.63, 3.8) is 0 Å². The lowest BCUT2D eigenvalue weighted by Gasteiger charge is -2.43. The lowest BCUT2D eigenvalue weighted by Crippen LogP contribution is -2.52. The Hall–Kier alpha value is -4.91. The van der Waals surface area contributed by atoms with Gasteiger partial charge in [0.1, 0.15) is 17.6 Å². The van der Waals surface area contributed by atoms with Gasteiger partial charge in [-0.1, -0.05) is 48.5 Å². The van der Waals surface area contributed by atoms with E-state index in [0.29, 0.717) is 42.0 Å². The number of aromatic nitrogens is 1. The van der Waals surface area contributed by atoms with Crippen LogP contribution in [0.3, 0.4) is 0 Å². The number of alkyl carbamates (subject to hydrolysis) is 1. The van der Waals surface area contributed by atoms with E-state index < -0.39 is 30.3 Å². The third-order valence-electron chi connectivity index (χ3n) is 9.67. The van der Waals surface area contributed by atoms with E-state index in [4.69, 9.17) is 9.47 Å². The lowest BCUT2D eigenvalue weighted by atomic mass is 9.86. The second-order valence-electron chi connectivity index (χ2n) is 13.1. The van der Waals surface area contributed by atoms with Gasteiger partial charge in [0.05, 0.1) is 17.7 Å². The number of nitrogens with zero attached hydrogens (tertiary/aromatic N) is 1. The number of aromatic amines is 1. The molecule has 3 aromatic carbocycles. The minimum Gasteiger partial charge on any atom is -0.506 e. The van der Waals surface area contributed by atoms with Gasteiger partial charge >= 0.3 is 12.1 Å². The van der Waals surface area contributed by atoms with Crippen molar-refractivity contribution in [3.05, 3.63) is 106 Å². The number of amides is 1. The van der Waals surface area contributed by atoms with Crippen LogP contribution in [0, 0.1) is 5.92 Å². The van der Waals surface area contributed by atoms with Gasteiger partial charge in [0.2, 0.25) is 5.56 Å². The summed E-state index contributed by atoms with van der Waals surface area (Å²) in [7, 11) is 0. The Morgan fingerprint density at radius 2 is 1.74 bits per heavy atom. The number of pyridine rings is 1. The Bertz CT molecular complexity index is 1820. The molecule has 4 atom stereocenters. The largest absolute Gasteiger partial charge is 0.506 e. The summed E-state index contributed by atoms with van der Waals surface area (Å²) in [5.74, 6) is -0.383. The van der Waals surface area contributed by atoms with Crippen LogP contribution in [-0.4, -0.2) is 82.2 Å². The second kappa shape index (κ2) is 16.2. The molecule has 4 heterocycles. The van der Waals surface area contributed by atoms with Gasteiger partial charge in [0.15, 0.2) is 6.10 Å². The number of carbonyl (C=O) groups is 2. The number of hydrogen-bond acceptors (Lipinski definition) is 9. The fourth-order valence-corrected chi connectivity index (χ4v) is 6.98. The molecule has 0 radical (unpaired) electrons. The highest BCUT2D eigenvalue weighted by molar-refractivity contribution is 5.87. The average molecular weight is 685 g/mol. The third-order valence-corrected chi connectivity index (χ3v) is 9.67. The summed E-state index contributed by atoms with van der Waals surface area (Å²) in [4.78, 5) is 41.9. The van der Waals surface area contributed by atoms with E-state index >= 15 is 0 Å². The smallest absolute Gasteiger partial charge is 0.408 e. The Kier molecular flexibility index (Phi) is 11.3. The van der Waals surface area contributed by atoms with Crippen LogP contribution < -0.4 is 20.9 Å². The van der Waals surface area contributed by atoms with Gasteiger partial charge in [0, 0.05) is 24.5 Å². The SMILES string of the molecule is O=C(NC(c1ccccc1)c1cccc(OC(CCCCNCC(O)c2ccc(O)c3[nH]c(=O)ccc23)C(=O)O)c1)OC1CN2CCC1CC2. The van der Waals surface area contributed by atoms with Crippen LogP contribution >= 0.6 is 0 Å². The molecule has 3 aliphatic rings. The summed E-state index contributed by atoms with van der Waals surface area (Å²) >= 11 is 0. The van der Waals surface area contributed by atoms with Gasteiger partial charge in [-0.3, -0.25) is 9.69 Å². The molecule has 1 aromatic heterocycles. The number of benzene rings is 3. The standard InChI is InChI=1S/C38H44N4O8/c43-30-14-12-28(29-13-15-34(45)40-36(29)30)31(44)22-39-18-5-4-11-32(37(46)47)49-27-10-6-9-26(21-27)35(25-7-2-1-3-8-25)41-38(48)50-33-23-42-19-16-24(33)17-20-42/h1-3,6-10,12-15,21,24,31-33,35,39,43-44H,4-5,11,16-20,22-23H2,(H,40,45)(H,41,48)(H,46,47). The van der Waals surface area contributed by atoms with Crippen molar-refractivity contribution in [3.8, 4) is 11.5 Å². The van der Waals surface area contributed by atoms with Crippen LogP contribution in [0.4, 0.5) is 4.79 Å². The number of rotatable bonds is 15. The molecule has 7 rings (SSSR count). The van der Waals surface area contributed by atoms with Crippen LogP contribution in [0.15, 0.2) is 83.7 Å². The van der Waals surface area contributed by atoms with E-state index in [1.165, 1.54) is 12.1 Å². The number of carboxylic acid groups (broad SMARTS) is 1. The van der Waals surface area contributed by atoms with Gasteiger partial charge in [-0.15, -0.1) is 0 Å². The number of carboxylic acids is 1. The fraction of sp³-hybridized carbons (Fsp3) is 0.395. The number of phenols is 1. The number of aromatic hydroxyl groups is 1. The molecule has 0 saturated carbocycles. The van der Waals surface area contributed by atoms with Crippen molar-refractivity contribution in [2.75, 3.05) is 32.7 Å². The summed E-state index contributed by atoms with van der Waals surface area (Å²) in [6, 6.07) is 22.1. The average Bonchev–Trinajstić information content (AvgIpc) is 3.12. The molecule has 1 amide bonds. The highest BCUT2D eigenvalue weighted by Gasteiger charge is 2.37. The first-order valence-corrected chi connectivity index (χ1v) is 17.2.